The van der Waals surface area contributed by atoms with E-state index in [-0.39, 0.29) is 0 Å². The first-order chi connectivity index (χ1) is 7.76. The van der Waals surface area contributed by atoms with Crippen molar-refractivity contribution in [2.24, 2.45) is 0 Å². The number of aryl methyl sites for hydroxylation is 1. The van der Waals surface area contributed by atoms with Crippen molar-refractivity contribution < 1.29 is 9.47 Å². The molecule has 0 heterocycles. The molecule has 16 heavy (non-hydrogen) atoms. The van der Waals surface area contributed by atoms with Gasteiger partial charge >= 0.3 is 0 Å². The fourth-order valence-electron chi connectivity index (χ4n) is 1.56. The van der Waals surface area contributed by atoms with Gasteiger partial charge in [0.05, 0.1) is 20.3 Å². The van der Waals surface area contributed by atoms with Crippen LogP contribution in [-0.4, -0.2) is 14.2 Å². The average molecular weight is 217 g/mol. The van der Waals surface area contributed by atoms with E-state index in [0.717, 1.165) is 29.0 Å². The van der Waals surface area contributed by atoms with Gasteiger partial charge in [-0.05, 0) is 30.2 Å². The number of hydrogen-bond acceptors (Lipinski definition) is 3. The smallest absolute Gasteiger partial charge is 0.129 e. The first-order valence-electron chi connectivity index (χ1n) is 5.07. The van der Waals surface area contributed by atoms with E-state index < -0.39 is 0 Å². The summed E-state index contributed by atoms with van der Waals surface area (Å²) in [5.74, 6) is 1.57. The molecule has 1 aromatic carbocycles. The van der Waals surface area contributed by atoms with E-state index >= 15 is 0 Å². The molecule has 0 radical (unpaired) electrons. The fraction of sp³-hybridized carbons (Fsp3) is 0.308. The lowest BCUT2D eigenvalue weighted by molar-refractivity contribution is 0.398. The normalized spacial score (nSPS) is 10.1. The molecular formula is C13H15NO2. The molecule has 3 nitrogen and oxygen atoms in total. The first kappa shape index (κ1) is 12.1. The minimum atomic E-state index is 0.773. The van der Waals surface area contributed by atoms with E-state index in [1.165, 1.54) is 6.08 Å². The van der Waals surface area contributed by atoms with Crippen molar-refractivity contribution in [2.75, 3.05) is 14.2 Å². The molecule has 0 saturated heterocycles. The van der Waals surface area contributed by atoms with Crippen LogP contribution in [0.2, 0.25) is 0 Å². The SMILES string of the molecule is CCc1cc(OC)cc(/C=C/C#N)c1OC. The average Bonchev–Trinajstić information content (AvgIpc) is 2.34. The van der Waals surface area contributed by atoms with Crippen LogP contribution in [0.1, 0.15) is 18.1 Å². The molecular weight excluding hydrogens is 202 g/mol. The Labute approximate surface area is 95.9 Å². The van der Waals surface area contributed by atoms with E-state index in [1.54, 1.807) is 20.3 Å². The van der Waals surface area contributed by atoms with E-state index in [2.05, 4.69) is 6.92 Å². The molecule has 0 unspecified atom stereocenters. The van der Waals surface area contributed by atoms with E-state index in [9.17, 15) is 0 Å². The second kappa shape index (κ2) is 5.82. The largest absolute Gasteiger partial charge is 0.497 e. The van der Waals surface area contributed by atoms with Crippen molar-refractivity contribution in [1.29, 1.82) is 5.26 Å². The number of hydrogen-bond donors (Lipinski definition) is 0. The number of ether oxygens (including phenoxy) is 2. The van der Waals surface area contributed by atoms with E-state index in [0.29, 0.717) is 0 Å². The molecule has 84 valence electrons. The van der Waals surface area contributed by atoms with Crippen molar-refractivity contribution in [1.82, 2.24) is 0 Å². The van der Waals surface area contributed by atoms with Crippen LogP contribution in [0.4, 0.5) is 0 Å². The van der Waals surface area contributed by atoms with Gasteiger partial charge in [0.25, 0.3) is 0 Å². The summed E-state index contributed by atoms with van der Waals surface area (Å²) in [6, 6.07) is 5.77. The molecule has 0 aliphatic rings. The highest BCUT2D eigenvalue weighted by molar-refractivity contribution is 5.63. The second-order valence-corrected chi connectivity index (χ2v) is 3.22. The summed E-state index contributed by atoms with van der Waals surface area (Å²) < 4.78 is 10.6. The summed E-state index contributed by atoms with van der Waals surface area (Å²) >= 11 is 0. The Balaban J connectivity index is 3.32. The van der Waals surface area contributed by atoms with Gasteiger partial charge < -0.3 is 9.47 Å². The number of methoxy groups -OCH3 is 2. The number of nitriles is 1. The molecule has 1 aromatic rings. The number of benzene rings is 1. The minimum Gasteiger partial charge on any atom is -0.497 e. The maximum atomic E-state index is 8.54. The van der Waals surface area contributed by atoms with E-state index in [1.807, 2.05) is 18.2 Å². The van der Waals surface area contributed by atoms with Crippen molar-refractivity contribution in [3.8, 4) is 17.6 Å². The van der Waals surface area contributed by atoms with Gasteiger partial charge in [-0.25, -0.2) is 0 Å². The Hall–Kier alpha value is -1.95. The first-order valence-corrected chi connectivity index (χ1v) is 5.07. The summed E-state index contributed by atoms with van der Waals surface area (Å²) in [4.78, 5) is 0. The Bertz CT molecular complexity index is 430. The molecule has 0 aliphatic heterocycles. The van der Waals surface area contributed by atoms with E-state index in [4.69, 9.17) is 14.7 Å². The Morgan fingerprint density at radius 1 is 1.31 bits per heavy atom. The van der Waals surface area contributed by atoms with Gasteiger partial charge in [-0.2, -0.15) is 5.26 Å². The maximum Gasteiger partial charge on any atom is 0.129 e. The van der Waals surface area contributed by atoms with Crippen LogP contribution in [0.25, 0.3) is 6.08 Å². The highest BCUT2D eigenvalue weighted by atomic mass is 16.5. The zero-order valence-corrected chi connectivity index (χ0v) is 9.78. The molecule has 0 aliphatic carbocycles. The highest BCUT2D eigenvalue weighted by Crippen LogP contribution is 2.30. The molecule has 0 aromatic heterocycles. The topological polar surface area (TPSA) is 42.2 Å². The molecule has 0 amide bonds. The molecule has 0 atom stereocenters. The molecule has 1 rings (SSSR count). The lowest BCUT2D eigenvalue weighted by atomic mass is 10.1. The van der Waals surface area contributed by atoms with Gasteiger partial charge in [-0.1, -0.05) is 6.92 Å². The summed E-state index contributed by atoms with van der Waals surface area (Å²) in [6.45, 7) is 2.05. The monoisotopic (exact) mass is 217 g/mol. The van der Waals surface area contributed by atoms with Gasteiger partial charge in [-0.15, -0.1) is 0 Å². The third kappa shape index (κ3) is 2.54. The molecule has 0 spiro atoms. The van der Waals surface area contributed by atoms with Gasteiger partial charge in [-0.3, -0.25) is 0 Å². The lowest BCUT2D eigenvalue weighted by Gasteiger charge is -2.12. The van der Waals surface area contributed by atoms with Crippen LogP contribution >= 0.6 is 0 Å². The zero-order chi connectivity index (χ0) is 12.0. The third-order valence-electron chi connectivity index (χ3n) is 2.33. The summed E-state index contributed by atoms with van der Waals surface area (Å²) in [5, 5.41) is 8.54. The van der Waals surface area contributed by atoms with Gasteiger partial charge in [0.1, 0.15) is 11.5 Å². The lowest BCUT2D eigenvalue weighted by Crippen LogP contribution is -1.95. The van der Waals surface area contributed by atoms with Crippen molar-refractivity contribution in [3.63, 3.8) is 0 Å². The molecule has 0 bridgehead atoms. The minimum absolute atomic E-state index is 0.773. The highest BCUT2D eigenvalue weighted by Gasteiger charge is 2.08. The van der Waals surface area contributed by atoms with Crippen molar-refractivity contribution >= 4 is 6.08 Å². The van der Waals surface area contributed by atoms with Crippen LogP contribution in [-0.2, 0) is 6.42 Å². The number of nitrogens with zero attached hydrogens (tertiary/aromatic N) is 1. The zero-order valence-electron chi connectivity index (χ0n) is 9.78. The summed E-state index contributed by atoms with van der Waals surface area (Å²) in [6.07, 6.45) is 4.00. The molecule has 0 fully saturated rings. The standard InChI is InChI=1S/C13H15NO2/c1-4-10-8-12(15-2)9-11(6-5-7-14)13(10)16-3/h5-6,8-9H,4H2,1-3H3/b6-5+. The Morgan fingerprint density at radius 2 is 2.06 bits per heavy atom. The van der Waals surface area contributed by atoms with Crippen molar-refractivity contribution in [2.45, 2.75) is 13.3 Å². The van der Waals surface area contributed by atoms with Crippen LogP contribution in [0.5, 0.6) is 11.5 Å². The molecule has 3 heteroatoms. The molecule has 0 saturated carbocycles. The Morgan fingerprint density at radius 3 is 2.56 bits per heavy atom. The number of allylic oxidation sites excluding steroid dienone is 1. The Kier molecular flexibility index (Phi) is 4.41. The van der Waals surface area contributed by atoms with Gasteiger partial charge in [0.2, 0.25) is 0 Å². The van der Waals surface area contributed by atoms with Crippen LogP contribution in [0.15, 0.2) is 18.2 Å². The predicted octanol–water partition coefficient (Wildman–Crippen LogP) is 2.80. The summed E-state index contributed by atoms with van der Waals surface area (Å²) in [5.41, 5.74) is 1.93. The second-order valence-electron chi connectivity index (χ2n) is 3.22. The predicted molar refractivity (Wildman–Crippen MR) is 63.6 cm³/mol. The third-order valence-corrected chi connectivity index (χ3v) is 2.33. The maximum absolute atomic E-state index is 8.54. The van der Waals surface area contributed by atoms with Crippen molar-refractivity contribution in [3.05, 3.63) is 29.3 Å². The van der Waals surface area contributed by atoms with Crippen LogP contribution in [0.3, 0.4) is 0 Å². The van der Waals surface area contributed by atoms with Crippen LogP contribution < -0.4 is 9.47 Å². The van der Waals surface area contributed by atoms with Crippen LogP contribution in [0, 0.1) is 11.3 Å². The fourth-order valence-corrected chi connectivity index (χ4v) is 1.56. The quantitative estimate of drug-likeness (QED) is 0.728. The summed E-state index contributed by atoms with van der Waals surface area (Å²) in [7, 11) is 3.25. The van der Waals surface area contributed by atoms with Gasteiger partial charge in [0, 0.05) is 11.6 Å². The molecule has 0 N–H and O–H groups in total. The number of rotatable bonds is 4. The van der Waals surface area contributed by atoms with Gasteiger partial charge in [0.15, 0.2) is 0 Å².